The van der Waals surface area contributed by atoms with Crippen molar-refractivity contribution in [2.75, 3.05) is 0 Å². The number of halogens is 1. The SMILES string of the molecule is Cc1cccc(-c2n[nH]c(Cl)n2)n1. The van der Waals surface area contributed by atoms with Gasteiger partial charge in [0.25, 0.3) is 0 Å². The van der Waals surface area contributed by atoms with Gasteiger partial charge in [0.05, 0.1) is 0 Å². The first-order valence-corrected chi connectivity index (χ1v) is 4.15. The molecule has 0 fully saturated rings. The summed E-state index contributed by atoms with van der Waals surface area (Å²) in [6.45, 7) is 1.91. The van der Waals surface area contributed by atoms with Gasteiger partial charge in [-0.1, -0.05) is 6.07 Å². The highest BCUT2D eigenvalue weighted by Gasteiger charge is 2.04. The molecule has 1 N–H and O–H groups in total. The molecule has 2 aromatic rings. The van der Waals surface area contributed by atoms with Crippen LogP contribution in [-0.2, 0) is 0 Å². The second kappa shape index (κ2) is 3.14. The summed E-state index contributed by atoms with van der Waals surface area (Å²) >= 11 is 5.59. The molecule has 0 aromatic carbocycles. The molecule has 0 atom stereocenters. The molecule has 0 radical (unpaired) electrons. The van der Waals surface area contributed by atoms with Crippen LogP contribution in [-0.4, -0.2) is 20.2 Å². The molecular formula is C8H7ClN4. The van der Waals surface area contributed by atoms with Gasteiger partial charge in [0.1, 0.15) is 5.69 Å². The highest BCUT2D eigenvalue weighted by molar-refractivity contribution is 6.28. The molecular weight excluding hydrogens is 188 g/mol. The third-order valence-corrected chi connectivity index (χ3v) is 1.74. The van der Waals surface area contributed by atoms with Crippen molar-refractivity contribution in [3.05, 3.63) is 29.2 Å². The van der Waals surface area contributed by atoms with Gasteiger partial charge in [0, 0.05) is 5.69 Å². The molecule has 0 unspecified atom stereocenters. The Morgan fingerprint density at radius 3 is 2.77 bits per heavy atom. The quantitative estimate of drug-likeness (QED) is 0.754. The van der Waals surface area contributed by atoms with E-state index in [1.807, 2.05) is 25.1 Å². The van der Waals surface area contributed by atoms with Gasteiger partial charge in [-0.15, -0.1) is 0 Å². The largest absolute Gasteiger partial charge is 0.250 e. The van der Waals surface area contributed by atoms with Crippen LogP contribution in [0.2, 0.25) is 5.28 Å². The number of nitrogens with one attached hydrogen (secondary N) is 1. The van der Waals surface area contributed by atoms with Crippen LogP contribution in [0, 0.1) is 6.92 Å². The smallest absolute Gasteiger partial charge is 0.218 e. The summed E-state index contributed by atoms with van der Waals surface area (Å²) in [6, 6.07) is 5.66. The van der Waals surface area contributed by atoms with E-state index in [1.165, 1.54) is 0 Å². The maximum Gasteiger partial charge on any atom is 0.218 e. The van der Waals surface area contributed by atoms with Gasteiger partial charge < -0.3 is 0 Å². The Kier molecular flexibility index (Phi) is 1.98. The van der Waals surface area contributed by atoms with E-state index in [0.29, 0.717) is 5.82 Å². The Morgan fingerprint density at radius 2 is 2.15 bits per heavy atom. The van der Waals surface area contributed by atoms with Crippen molar-refractivity contribution < 1.29 is 0 Å². The van der Waals surface area contributed by atoms with E-state index in [4.69, 9.17) is 11.6 Å². The fourth-order valence-electron chi connectivity index (χ4n) is 1.02. The Hall–Kier alpha value is -1.42. The zero-order chi connectivity index (χ0) is 9.26. The van der Waals surface area contributed by atoms with Crippen LogP contribution in [0.3, 0.4) is 0 Å². The molecule has 0 amide bonds. The first-order valence-electron chi connectivity index (χ1n) is 3.77. The minimum atomic E-state index is 0.276. The highest BCUT2D eigenvalue weighted by Crippen LogP contribution is 2.13. The summed E-state index contributed by atoms with van der Waals surface area (Å²) in [5.74, 6) is 0.522. The lowest BCUT2D eigenvalue weighted by Crippen LogP contribution is -1.87. The highest BCUT2D eigenvalue weighted by atomic mass is 35.5. The van der Waals surface area contributed by atoms with Crippen LogP contribution in [0.25, 0.3) is 11.5 Å². The monoisotopic (exact) mass is 194 g/mol. The number of nitrogens with zero attached hydrogens (tertiary/aromatic N) is 3. The van der Waals surface area contributed by atoms with Gasteiger partial charge in [0.15, 0.2) is 0 Å². The number of aryl methyl sites for hydroxylation is 1. The summed E-state index contributed by atoms with van der Waals surface area (Å²) < 4.78 is 0. The van der Waals surface area contributed by atoms with Crippen molar-refractivity contribution in [3.8, 4) is 11.5 Å². The van der Waals surface area contributed by atoms with Crippen LogP contribution in [0.4, 0.5) is 0 Å². The maximum atomic E-state index is 5.59. The average molecular weight is 195 g/mol. The lowest BCUT2D eigenvalue weighted by molar-refractivity contribution is 1.08. The molecule has 0 bridgehead atoms. The van der Waals surface area contributed by atoms with Gasteiger partial charge in [-0.05, 0) is 30.7 Å². The topological polar surface area (TPSA) is 54.5 Å². The maximum absolute atomic E-state index is 5.59. The Morgan fingerprint density at radius 1 is 1.31 bits per heavy atom. The van der Waals surface area contributed by atoms with E-state index in [9.17, 15) is 0 Å². The zero-order valence-corrected chi connectivity index (χ0v) is 7.71. The molecule has 0 aliphatic rings. The number of rotatable bonds is 1. The molecule has 0 aliphatic carbocycles. The fourth-order valence-corrected chi connectivity index (χ4v) is 1.15. The second-order valence-corrected chi connectivity index (χ2v) is 2.97. The van der Waals surface area contributed by atoms with Gasteiger partial charge in [0.2, 0.25) is 11.1 Å². The van der Waals surface area contributed by atoms with E-state index in [-0.39, 0.29) is 5.28 Å². The zero-order valence-electron chi connectivity index (χ0n) is 6.95. The molecule has 13 heavy (non-hydrogen) atoms. The Labute approximate surface area is 80.0 Å². The first-order chi connectivity index (χ1) is 6.25. The molecule has 2 rings (SSSR count). The summed E-state index contributed by atoms with van der Waals surface area (Å²) in [4.78, 5) is 8.21. The molecule has 0 saturated heterocycles. The van der Waals surface area contributed by atoms with Crippen LogP contribution in [0.5, 0.6) is 0 Å². The van der Waals surface area contributed by atoms with Crippen LogP contribution >= 0.6 is 11.6 Å². The molecule has 66 valence electrons. The molecule has 4 nitrogen and oxygen atoms in total. The van der Waals surface area contributed by atoms with Crippen molar-refractivity contribution in [3.63, 3.8) is 0 Å². The molecule has 2 aromatic heterocycles. The lowest BCUT2D eigenvalue weighted by atomic mass is 10.3. The van der Waals surface area contributed by atoms with Gasteiger partial charge in [-0.3, -0.25) is 0 Å². The molecule has 5 heteroatoms. The number of H-pyrrole nitrogens is 1. The van der Waals surface area contributed by atoms with Gasteiger partial charge in [-0.2, -0.15) is 10.1 Å². The predicted octanol–water partition coefficient (Wildman–Crippen LogP) is 1.83. The third-order valence-electron chi connectivity index (χ3n) is 1.58. The molecule has 2 heterocycles. The van der Waals surface area contributed by atoms with Crippen molar-refractivity contribution in [1.29, 1.82) is 0 Å². The minimum Gasteiger partial charge on any atom is -0.250 e. The van der Waals surface area contributed by atoms with E-state index in [2.05, 4.69) is 20.2 Å². The van der Waals surface area contributed by atoms with Gasteiger partial charge >= 0.3 is 0 Å². The number of pyridine rings is 1. The van der Waals surface area contributed by atoms with Crippen molar-refractivity contribution in [2.24, 2.45) is 0 Å². The van der Waals surface area contributed by atoms with Gasteiger partial charge in [-0.25, -0.2) is 10.1 Å². The van der Waals surface area contributed by atoms with Crippen LogP contribution in [0.15, 0.2) is 18.2 Å². The predicted molar refractivity (Wildman–Crippen MR) is 49.4 cm³/mol. The standard InChI is InChI=1S/C8H7ClN4/c1-5-3-2-4-6(10-5)7-11-8(9)13-12-7/h2-4H,1H3,(H,11,12,13). The number of aromatic nitrogens is 4. The van der Waals surface area contributed by atoms with Crippen LogP contribution < -0.4 is 0 Å². The normalized spacial score (nSPS) is 10.3. The minimum absolute atomic E-state index is 0.276. The van der Waals surface area contributed by atoms with Crippen LogP contribution in [0.1, 0.15) is 5.69 Å². The number of hydrogen-bond donors (Lipinski definition) is 1. The van der Waals surface area contributed by atoms with Crippen molar-refractivity contribution in [1.82, 2.24) is 20.2 Å². The van der Waals surface area contributed by atoms with Crippen molar-refractivity contribution in [2.45, 2.75) is 6.92 Å². The van der Waals surface area contributed by atoms with E-state index in [0.717, 1.165) is 11.4 Å². The lowest BCUT2D eigenvalue weighted by Gasteiger charge is -1.94. The number of hydrogen-bond acceptors (Lipinski definition) is 3. The average Bonchev–Trinajstić information content (AvgIpc) is 2.52. The fraction of sp³-hybridized carbons (Fsp3) is 0.125. The summed E-state index contributed by atoms with van der Waals surface area (Å²) in [6.07, 6.45) is 0. The second-order valence-electron chi connectivity index (χ2n) is 2.61. The Balaban J connectivity index is 2.46. The van der Waals surface area contributed by atoms with E-state index in [1.54, 1.807) is 0 Å². The Bertz CT molecular complexity index is 424. The summed E-state index contributed by atoms with van der Waals surface area (Å²) in [5, 5.41) is 6.72. The first kappa shape index (κ1) is 8.19. The molecule has 0 aliphatic heterocycles. The third kappa shape index (κ3) is 1.67. The molecule has 0 spiro atoms. The molecule has 0 saturated carbocycles. The number of aromatic amines is 1. The summed E-state index contributed by atoms with van der Waals surface area (Å²) in [5.41, 5.74) is 1.65. The van der Waals surface area contributed by atoms with Crippen molar-refractivity contribution >= 4 is 11.6 Å². The van der Waals surface area contributed by atoms with E-state index >= 15 is 0 Å². The summed E-state index contributed by atoms with van der Waals surface area (Å²) in [7, 11) is 0. The van der Waals surface area contributed by atoms with E-state index < -0.39 is 0 Å².